The topological polar surface area (TPSA) is 67.9 Å². The van der Waals surface area contributed by atoms with E-state index in [0.29, 0.717) is 43.4 Å². The first-order valence-corrected chi connectivity index (χ1v) is 7.70. The van der Waals surface area contributed by atoms with Gasteiger partial charge >= 0.3 is 0 Å². The van der Waals surface area contributed by atoms with E-state index in [9.17, 15) is 9.59 Å². The number of fused-ring (bicyclic) bond motifs is 1. The minimum Gasteiger partial charge on any atom is -0.486 e. The van der Waals surface area contributed by atoms with E-state index in [1.54, 1.807) is 23.1 Å². The van der Waals surface area contributed by atoms with Gasteiger partial charge in [0.2, 0.25) is 11.8 Å². The lowest BCUT2D eigenvalue weighted by Crippen LogP contribution is -2.37. The van der Waals surface area contributed by atoms with Crippen LogP contribution >= 0.6 is 0 Å². The molecule has 2 aliphatic rings. The van der Waals surface area contributed by atoms with Gasteiger partial charge in [0, 0.05) is 24.7 Å². The van der Waals surface area contributed by atoms with Gasteiger partial charge in [0.05, 0.1) is 6.54 Å². The van der Waals surface area contributed by atoms with Crippen molar-refractivity contribution in [3.05, 3.63) is 18.2 Å². The predicted molar refractivity (Wildman–Crippen MR) is 81.1 cm³/mol. The highest BCUT2D eigenvalue weighted by Gasteiger charge is 2.19. The molecule has 0 aliphatic carbocycles. The zero-order valence-electron chi connectivity index (χ0n) is 12.5. The molecule has 0 saturated carbocycles. The number of hydrogen-bond donors (Lipinski definition) is 1. The molecule has 1 saturated heterocycles. The molecule has 1 aromatic carbocycles. The van der Waals surface area contributed by atoms with Crippen LogP contribution in [0.1, 0.15) is 25.7 Å². The van der Waals surface area contributed by atoms with Gasteiger partial charge in [0.1, 0.15) is 13.2 Å². The van der Waals surface area contributed by atoms with Gasteiger partial charge in [0.15, 0.2) is 11.5 Å². The summed E-state index contributed by atoms with van der Waals surface area (Å²) in [5.41, 5.74) is 0.650. The van der Waals surface area contributed by atoms with E-state index in [0.717, 1.165) is 19.3 Å². The zero-order chi connectivity index (χ0) is 15.4. The highest BCUT2D eigenvalue weighted by molar-refractivity contribution is 5.94. The quantitative estimate of drug-likeness (QED) is 0.924. The molecule has 0 atom stereocenters. The number of nitrogens with zero attached hydrogens (tertiary/aromatic N) is 1. The SMILES string of the molecule is O=C(CN1CCCCCC1=O)Nc1ccc2c(c1)OCCO2. The van der Waals surface area contributed by atoms with E-state index in [-0.39, 0.29) is 18.4 Å². The Morgan fingerprint density at radius 3 is 2.82 bits per heavy atom. The average Bonchev–Trinajstić information content (AvgIpc) is 2.72. The van der Waals surface area contributed by atoms with Gasteiger partial charge in [-0.25, -0.2) is 0 Å². The summed E-state index contributed by atoms with van der Waals surface area (Å²) in [6.45, 7) is 1.81. The normalized spacial score (nSPS) is 17.8. The Kier molecular flexibility index (Phi) is 4.46. The number of rotatable bonds is 3. The largest absolute Gasteiger partial charge is 0.486 e. The second-order valence-corrected chi connectivity index (χ2v) is 5.53. The predicted octanol–water partition coefficient (Wildman–Crippen LogP) is 1.80. The fourth-order valence-electron chi connectivity index (χ4n) is 2.70. The van der Waals surface area contributed by atoms with Crippen molar-refractivity contribution in [2.45, 2.75) is 25.7 Å². The van der Waals surface area contributed by atoms with Crippen LogP contribution in [-0.4, -0.2) is 43.0 Å². The summed E-state index contributed by atoms with van der Waals surface area (Å²) in [4.78, 5) is 25.7. The van der Waals surface area contributed by atoms with Crippen molar-refractivity contribution in [1.82, 2.24) is 4.90 Å². The molecule has 2 heterocycles. The lowest BCUT2D eigenvalue weighted by Gasteiger charge is -2.21. The van der Waals surface area contributed by atoms with E-state index >= 15 is 0 Å². The smallest absolute Gasteiger partial charge is 0.243 e. The van der Waals surface area contributed by atoms with Crippen LogP contribution in [0.3, 0.4) is 0 Å². The van der Waals surface area contributed by atoms with Crippen molar-refractivity contribution in [2.24, 2.45) is 0 Å². The van der Waals surface area contributed by atoms with Crippen molar-refractivity contribution in [2.75, 3.05) is 31.6 Å². The molecule has 0 spiro atoms. The third-order valence-electron chi connectivity index (χ3n) is 3.83. The number of carbonyl (C=O) groups is 2. The molecule has 0 radical (unpaired) electrons. The highest BCUT2D eigenvalue weighted by atomic mass is 16.6. The maximum Gasteiger partial charge on any atom is 0.243 e. The Morgan fingerprint density at radius 2 is 1.95 bits per heavy atom. The standard InChI is InChI=1S/C16H20N2O4/c19-15(11-18-7-3-1-2-4-16(18)20)17-12-5-6-13-14(10-12)22-9-8-21-13/h5-6,10H,1-4,7-9,11H2,(H,17,19). The molecule has 0 bridgehead atoms. The molecule has 22 heavy (non-hydrogen) atoms. The van der Waals surface area contributed by atoms with Crippen LogP contribution < -0.4 is 14.8 Å². The Labute approximate surface area is 129 Å². The van der Waals surface area contributed by atoms with Gasteiger partial charge in [-0.15, -0.1) is 0 Å². The van der Waals surface area contributed by atoms with E-state index in [1.165, 1.54) is 0 Å². The van der Waals surface area contributed by atoms with Crippen molar-refractivity contribution in [1.29, 1.82) is 0 Å². The molecule has 0 aromatic heterocycles. The Balaban J connectivity index is 1.60. The van der Waals surface area contributed by atoms with Crippen molar-refractivity contribution >= 4 is 17.5 Å². The number of hydrogen-bond acceptors (Lipinski definition) is 4. The lowest BCUT2D eigenvalue weighted by molar-refractivity contribution is -0.134. The molecular formula is C16H20N2O4. The minimum atomic E-state index is -0.188. The molecule has 2 amide bonds. The maximum absolute atomic E-state index is 12.1. The lowest BCUT2D eigenvalue weighted by atomic mass is 10.2. The Morgan fingerprint density at radius 1 is 1.14 bits per heavy atom. The number of ether oxygens (including phenoxy) is 2. The molecule has 1 aromatic rings. The summed E-state index contributed by atoms with van der Waals surface area (Å²) >= 11 is 0. The number of nitrogens with one attached hydrogen (secondary N) is 1. The third-order valence-corrected chi connectivity index (χ3v) is 3.83. The van der Waals surface area contributed by atoms with Gasteiger partial charge < -0.3 is 19.7 Å². The number of carbonyl (C=O) groups excluding carboxylic acids is 2. The minimum absolute atomic E-state index is 0.0647. The van der Waals surface area contributed by atoms with Crippen molar-refractivity contribution < 1.29 is 19.1 Å². The van der Waals surface area contributed by atoms with Crippen LogP contribution in [0.2, 0.25) is 0 Å². The third kappa shape index (κ3) is 3.50. The Bertz CT molecular complexity index is 573. The summed E-state index contributed by atoms with van der Waals surface area (Å²) in [5.74, 6) is 1.20. The molecule has 3 rings (SSSR count). The van der Waals surface area contributed by atoms with Crippen LogP contribution in [-0.2, 0) is 9.59 Å². The summed E-state index contributed by atoms with van der Waals surface area (Å²) in [6.07, 6.45) is 3.46. The zero-order valence-corrected chi connectivity index (χ0v) is 12.5. The molecule has 2 aliphatic heterocycles. The van der Waals surface area contributed by atoms with Crippen LogP contribution in [0.25, 0.3) is 0 Å². The number of amides is 2. The van der Waals surface area contributed by atoms with Crippen LogP contribution in [0.4, 0.5) is 5.69 Å². The molecule has 6 nitrogen and oxygen atoms in total. The van der Waals surface area contributed by atoms with Crippen molar-refractivity contribution in [3.63, 3.8) is 0 Å². The first-order chi connectivity index (χ1) is 10.7. The maximum atomic E-state index is 12.1. The first-order valence-electron chi connectivity index (χ1n) is 7.70. The molecular weight excluding hydrogens is 284 g/mol. The second-order valence-electron chi connectivity index (χ2n) is 5.53. The van der Waals surface area contributed by atoms with Gasteiger partial charge in [-0.05, 0) is 25.0 Å². The summed E-state index contributed by atoms with van der Waals surface area (Å²) in [7, 11) is 0. The van der Waals surface area contributed by atoms with Crippen LogP contribution in [0.5, 0.6) is 11.5 Å². The summed E-state index contributed by atoms with van der Waals surface area (Å²) in [5, 5.41) is 2.81. The Hall–Kier alpha value is -2.24. The molecule has 1 fully saturated rings. The second kappa shape index (κ2) is 6.68. The van der Waals surface area contributed by atoms with E-state index in [1.807, 2.05) is 0 Å². The van der Waals surface area contributed by atoms with E-state index < -0.39 is 0 Å². The van der Waals surface area contributed by atoms with E-state index in [4.69, 9.17) is 9.47 Å². The first kappa shape index (κ1) is 14.7. The van der Waals surface area contributed by atoms with Gasteiger partial charge in [0.25, 0.3) is 0 Å². The van der Waals surface area contributed by atoms with Gasteiger partial charge in [-0.3, -0.25) is 9.59 Å². The number of benzene rings is 1. The van der Waals surface area contributed by atoms with Crippen LogP contribution in [0, 0.1) is 0 Å². The molecule has 6 heteroatoms. The van der Waals surface area contributed by atoms with Gasteiger partial charge in [-0.2, -0.15) is 0 Å². The monoisotopic (exact) mass is 304 g/mol. The molecule has 118 valence electrons. The fraction of sp³-hybridized carbons (Fsp3) is 0.500. The van der Waals surface area contributed by atoms with Gasteiger partial charge in [-0.1, -0.05) is 6.42 Å². The van der Waals surface area contributed by atoms with Crippen LogP contribution in [0.15, 0.2) is 18.2 Å². The number of likely N-dealkylation sites (tertiary alicyclic amines) is 1. The summed E-state index contributed by atoms with van der Waals surface area (Å²) in [6, 6.07) is 5.30. The number of anilines is 1. The summed E-state index contributed by atoms with van der Waals surface area (Å²) < 4.78 is 10.9. The van der Waals surface area contributed by atoms with Crippen molar-refractivity contribution in [3.8, 4) is 11.5 Å². The molecule has 0 unspecified atom stereocenters. The average molecular weight is 304 g/mol. The van der Waals surface area contributed by atoms with E-state index in [2.05, 4.69) is 5.32 Å². The molecule has 1 N–H and O–H groups in total. The fourth-order valence-corrected chi connectivity index (χ4v) is 2.70. The highest BCUT2D eigenvalue weighted by Crippen LogP contribution is 2.32.